The van der Waals surface area contributed by atoms with Gasteiger partial charge in [-0.1, -0.05) is 18.1 Å². The van der Waals surface area contributed by atoms with E-state index < -0.39 is 5.60 Å². The maximum absolute atomic E-state index is 12.7. The summed E-state index contributed by atoms with van der Waals surface area (Å²) in [4.78, 5) is 16.8. The van der Waals surface area contributed by atoms with Gasteiger partial charge in [-0.25, -0.2) is 0 Å². The van der Waals surface area contributed by atoms with Gasteiger partial charge in [0.15, 0.2) is 0 Å². The van der Waals surface area contributed by atoms with Gasteiger partial charge in [0.05, 0.1) is 0 Å². The number of amides is 1. The fraction of sp³-hybridized carbons (Fsp3) is 0.560. The van der Waals surface area contributed by atoms with Gasteiger partial charge in [-0.05, 0) is 92.4 Å². The number of aliphatic hydroxyl groups is 1. The Morgan fingerprint density at radius 3 is 2.81 bits per heavy atom. The Labute approximate surface area is 189 Å². The van der Waals surface area contributed by atoms with Gasteiger partial charge in [0.1, 0.15) is 11.4 Å². The van der Waals surface area contributed by atoms with Crippen molar-refractivity contribution in [3.8, 4) is 17.0 Å². The zero-order valence-electron chi connectivity index (χ0n) is 18.1. The minimum absolute atomic E-state index is 0.0723. The van der Waals surface area contributed by atoms with Gasteiger partial charge in [-0.2, -0.15) is 0 Å². The number of carbonyl (C=O) groups is 1. The van der Waals surface area contributed by atoms with Crippen molar-refractivity contribution in [1.29, 1.82) is 0 Å². The number of benzene rings is 1. The van der Waals surface area contributed by atoms with Crippen molar-refractivity contribution in [3.05, 3.63) is 41.5 Å². The summed E-state index contributed by atoms with van der Waals surface area (Å²) < 4.78 is 0. The SMILES string of the molecule is CN1CCN(C(=O)/C=C/C[C@]23CC[C@@](O)(C#CCl)C[C@@H]2CCc2cc(O)ccc23)CC1. The fourth-order valence-electron chi connectivity index (χ4n) is 5.76. The van der Waals surface area contributed by atoms with Gasteiger partial charge in [-0.15, -0.1) is 0 Å². The highest BCUT2D eigenvalue weighted by Crippen LogP contribution is 2.54. The lowest BCUT2D eigenvalue weighted by atomic mass is 9.53. The number of piperazine rings is 1. The molecule has 0 spiro atoms. The molecule has 2 fully saturated rings. The Kier molecular flexibility index (Phi) is 6.35. The number of allylic oxidation sites excluding steroid dienone is 1. The highest BCUT2D eigenvalue weighted by molar-refractivity contribution is 6.30. The lowest BCUT2D eigenvalue weighted by molar-refractivity contribution is -0.127. The summed E-state index contributed by atoms with van der Waals surface area (Å²) in [6.45, 7) is 3.34. The maximum Gasteiger partial charge on any atom is 0.246 e. The normalized spacial score (nSPS) is 30.9. The smallest absolute Gasteiger partial charge is 0.246 e. The third-order valence-electron chi connectivity index (χ3n) is 7.58. The number of likely N-dealkylation sites (N-methyl/N-ethyl adjacent to an activating group) is 1. The van der Waals surface area contributed by atoms with Gasteiger partial charge in [-0.3, -0.25) is 4.79 Å². The molecule has 1 aromatic rings. The molecule has 5 nitrogen and oxygen atoms in total. The largest absolute Gasteiger partial charge is 0.508 e. The Balaban J connectivity index is 1.58. The third kappa shape index (κ3) is 4.48. The molecule has 0 radical (unpaired) electrons. The first-order valence-electron chi connectivity index (χ1n) is 11.2. The van der Waals surface area contributed by atoms with Gasteiger partial charge >= 0.3 is 0 Å². The maximum atomic E-state index is 12.7. The molecule has 1 aliphatic heterocycles. The summed E-state index contributed by atoms with van der Waals surface area (Å²) in [5.74, 6) is 3.41. The molecule has 3 aliphatic rings. The molecule has 2 N–H and O–H groups in total. The molecule has 4 rings (SSSR count). The summed E-state index contributed by atoms with van der Waals surface area (Å²) in [5.41, 5.74) is 1.19. The molecule has 0 unspecified atom stereocenters. The van der Waals surface area contributed by atoms with E-state index in [0.717, 1.165) is 51.9 Å². The van der Waals surface area contributed by atoms with Crippen LogP contribution in [0.5, 0.6) is 5.75 Å². The highest BCUT2D eigenvalue weighted by Gasteiger charge is 2.50. The number of aromatic hydroxyl groups is 1. The zero-order valence-corrected chi connectivity index (χ0v) is 18.9. The molecule has 1 aromatic carbocycles. The number of nitrogens with zero attached hydrogens (tertiary/aromatic N) is 2. The standard InChI is InChI=1S/C25H31ClN2O3/c1-27-13-15-28(16-14-27)23(30)3-2-8-25-10-9-24(31,11-12-26)18-20(25)5-4-19-17-21(29)6-7-22(19)25/h2-3,6-7,17,20,29,31H,4-5,8-10,13-16,18H2,1H3/b3-2+/t20-,24+,25-/m0/s1. The molecule has 1 saturated heterocycles. The summed E-state index contributed by atoms with van der Waals surface area (Å²) in [6.07, 6.45) is 8.16. The minimum Gasteiger partial charge on any atom is -0.508 e. The zero-order chi connectivity index (χ0) is 22.1. The fourth-order valence-corrected chi connectivity index (χ4v) is 5.93. The van der Waals surface area contributed by atoms with Crippen molar-refractivity contribution < 1.29 is 15.0 Å². The number of halogens is 1. The van der Waals surface area contributed by atoms with Crippen LogP contribution >= 0.6 is 11.6 Å². The van der Waals surface area contributed by atoms with Crippen molar-refractivity contribution in [3.63, 3.8) is 0 Å². The van der Waals surface area contributed by atoms with Crippen molar-refractivity contribution in [1.82, 2.24) is 9.80 Å². The van der Waals surface area contributed by atoms with Crippen LogP contribution in [0.4, 0.5) is 0 Å². The Morgan fingerprint density at radius 2 is 2.06 bits per heavy atom. The lowest BCUT2D eigenvalue weighted by Gasteiger charge is -2.52. The first-order valence-corrected chi connectivity index (χ1v) is 11.5. The van der Waals surface area contributed by atoms with Crippen LogP contribution in [-0.4, -0.2) is 64.7 Å². The van der Waals surface area contributed by atoms with Crippen LogP contribution in [0.15, 0.2) is 30.4 Å². The van der Waals surface area contributed by atoms with Gasteiger partial charge in [0, 0.05) is 37.0 Å². The van der Waals surface area contributed by atoms with Crippen LogP contribution in [0.2, 0.25) is 0 Å². The van der Waals surface area contributed by atoms with E-state index in [-0.39, 0.29) is 23.0 Å². The van der Waals surface area contributed by atoms with E-state index in [1.54, 1.807) is 12.1 Å². The first kappa shape index (κ1) is 22.2. The summed E-state index contributed by atoms with van der Waals surface area (Å²) in [5, 5.41) is 23.3. The first-order chi connectivity index (χ1) is 14.8. The molecule has 2 aliphatic carbocycles. The highest BCUT2D eigenvalue weighted by atomic mass is 35.5. The number of hydrogen-bond donors (Lipinski definition) is 2. The van der Waals surface area contributed by atoms with Gasteiger partial charge in [0.2, 0.25) is 5.91 Å². The van der Waals surface area contributed by atoms with E-state index >= 15 is 0 Å². The predicted octanol–water partition coefficient (Wildman–Crippen LogP) is 3.03. The van der Waals surface area contributed by atoms with Crippen molar-refractivity contribution in [2.45, 2.75) is 49.5 Å². The number of fused-ring (bicyclic) bond motifs is 3. The molecule has 31 heavy (non-hydrogen) atoms. The second kappa shape index (κ2) is 8.86. The van der Waals surface area contributed by atoms with E-state index in [4.69, 9.17) is 11.6 Å². The van der Waals surface area contributed by atoms with Crippen molar-refractivity contribution >= 4 is 17.5 Å². The number of hydrogen-bond acceptors (Lipinski definition) is 4. The molecule has 6 heteroatoms. The number of phenols is 1. The van der Waals surface area contributed by atoms with Crippen LogP contribution in [0.1, 0.15) is 43.2 Å². The second-order valence-electron chi connectivity index (χ2n) is 9.42. The quantitative estimate of drug-likeness (QED) is 0.558. The number of rotatable bonds is 3. The number of aryl methyl sites for hydroxylation is 1. The van der Waals surface area contributed by atoms with Crippen LogP contribution in [0.25, 0.3) is 0 Å². The van der Waals surface area contributed by atoms with E-state index in [2.05, 4.69) is 23.2 Å². The summed E-state index contributed by atoms with van der Waals surface area (Å²) in [6, 6.07) is 5.65. The lowest BCUT2D eigenvalue weighted by Crippen LogP contribution is -2.49. The average molecular weight is 443 g/mol. The number of phenolic OH excluding ortho intramolecular Hbond substituents is 1. The van der Waals surface area contributed by atoms with Crippen molar-refractivity contribution in [2.24, 2.45) is 5.92 Å². The van der Waals surface area contributed by atoms with Gasteiger partial charge < -0.3 is 20.0 Å². The molecular weight excluding hydrogens is 412 g/mol. The second-order valence-corrected chi connectivity index (χ2v) is 9.61. The monoisotopic (exact) mass is 442 g/mol. The molecule has 1 saturated carbocycles. The Morgan fingerprint density at radius 1 is 1.29 bits per heavy atom. The molecule has 0 bridgehead atoms. The molecule has 0 aromatic heterocycles. The molecule has 3 atom stereocenters. The van der Waals surface area contributed by atoms with Crippen LogP contribution in [-0.2, 0) is 16.6 Å². The molecule has 1 amide bonds. The van der Waals surface area contributed by atoms with E-state index in [1.165, 1.54) is 11.1 Å². The topological polar surface area (TPSA) is 64.0 Å². The van der Waals surface area contributed by atoms with Crippen LogP contribution in [0, 0.1) is 17.2 Å². The molecule has 1 heterocycles. The third-order valence-corrected chi connectivity index (χ3v) is 7.67. The number of carbonyl (C=O) groups excluding carboxylic acids is 1. The van der Waals surface area contributed by atoms with Gasteiger partial charge in [0.25, 0.3) is 0 Å². The predicted molar refractivity (Wildman–Crippen MR) is 122 cm³/mol. The Hall–Kier alpha value is -2.00. The summed E-state index contributed by atoms with van der Waals surface area (Å²) >= 11 is 5.63. The van der Waals surface area contributed by atoms with E-state index in [1.807, 2.05) is 23.1 Å². The Bertz CT molecular complexity index is 928. The summed E-state index contributed by atoms with van der Waals surface area (Å²) in [7, 11) is 2.08. The van der Waals surface area contributed by atoms with E-state index in [9.17, 15) is 15.0 Å². The average Bonchev–Trinajstić information content (AvgIpc) is 2.74. The van der Waals surface area contributed by atoms with Crippen LogP contribution < -0.4 is 0 Å². The molecule has 166 valence electrons. The van der Waals surface area contributed by atoms with Crippen LogP contribution in [0.3, 0.4) is 0 Å². The minimum atomic E-state index is -1.05. The molecular formula is C25H31ClN2O3. The van der Waals surface area contributed by atoms with Crippen molar-refractivity contribution in [2.75, 3.05) is 33.2 Å². The van der Waals surface area contributed by atoms with E-state index in [0.29, 0.717) is 12.8 Å².